The Morgan fingerprint density at radius 2 is 1.94 bits per heavy atom. The predicted octanol–water partition coefficient (Wildman–Crippen LogP) is 4.22. The van der Waals surface area contributed by atoms with Gasteiger partial charge in [0.1, 0.15) is 5.82 Å². The molecule has 0 aliphatic heterocycles. The number of aromatic nitrogens is 1. The summed E-state index contributed by atoms with van der Waals surface area (Å²) in [7, 11) is 0. The van der Waals surface area contributed by atoms with Gasteiger partial charge in [0.15, 0.2) is 0 Å². The van der Waals surface area contributed by atoms with Gasteiger partial charge in [0, 0.05) is 6.20 Å². The van der Waals surface area contributed by atoms with Crippen molar-refractivity contribution in [2.75, 3.05) is 5.32 Å². The van der Waals surface area contributed by atoms with Crippen LogP contribution in [0.15, 0.2) is 42.6 Å². The standard InChI is InChI=1S/C14H15ClN2/c1-10-6-3-4-7-12(10)11(2)17-14-13(15)8-5-9-16-14/h3-9,11H,1-2H3,(H,16,17). The number of pyridine rings is 1. The summed E-state index contributed by atoms with van der Waals surface area (Å²) >= 11 is 6.07. The van der Waals surface area contributed by atoms with E-state index in [1.54, 1.807) is 6.20 Å². The predicted molar refractivity (Wildman–Crippen MR) is 72.5 cm³/mol. The lowest BCUT2D eigenvalue weighted by Crippen LogP contribution is -2.09. The van der Waals surface area contributed by atoms with Crippen molar-refractivity contribution in [1.29, 1.82) is 0 Å². The molecule has 0 amide bonds. The summed E-state index contributed by atoms with van der Waals surface area (Å²) in [4.78, 5) is 4.23. The van der Waals surface area contributed by atoms with Crippen LogP contribution in [-0.4, -0.2) is 4.98 Å². The number of hydrogen-bond acceptors (Lipinski definition) is 2. The maximum Gasteiger partial charge on any atom is 0.145 e. The Bertz CT molecular complexity index is 511. The first-order valence-corrected chi connectivity index (χ1v) is 5.99. The third-order valence-electron chi connectivity index (χ3n) is 2.77. The Labute approximate surface area is 107 Å². The first-order chi connectivity index (χ1) is 8.18. The normalized spacial score (nSPS) is 12.2. The Hall–Kier alpha value is -1.54. The van der Waals surface area contributed by atoms with Crippen molar-refractivity contribution in [3.63, 3.8) is 0 Å². The summed E-state index contributed by atoms with van der Waals surface area (Å²) in [6.45, 7) is 4.21. The van der Waals surface area contributed by atoms with E-state index in [-0.39, 0.29) is 6.04 Å². The summed E-state index contributed by atoms with van der Waals surface area (Å²) in [5, 5.41) is 3.97. The molecule has 3 heteroatoms. The van der Waals surface area contributed by atoms with Crippen LogP contribution in [0.2, 0.25) is 5.02 Å². The topological polar surface area (TPSA) is 24.9 Å². The van der Waals surface area contributed by atoms with E-state index in [2.05, 4.69) is 36.3 Å². The molecule has 0 radical (unpaired) electrons. The highest BCUT2D eigenvalue weighted by Gasteiger charge is 2.09. The number of hydrogen-bond donors (Lipinski definition) is 1. The molecule has 0 saturated carbocycles. The van der Waals surface area contributed by atoms with E-state index in [0.717, 1.165) is 5.82 Å². The second kappa shape index (κ2) is 5.19. The van der Waals surface area contributed by atoms with Crippen molar-refractivity contribution in [2.45, 2.75) is 19.9 Å². The van der Waals surface area contributed by atoms with Crippen molar-refractivity contribution < 1.29 is 0 Å². The smallest absolute Gasteiger partial charge is 0.145 e. The SMILES string of the molecule is Cc1ccccc1C(C)Nc1ncccc1Cl. The minimum absolute atomic E-state index is 0.184. The highest BCUT2D eigenvalue weighted by atomic mass is 35.5. The van der Waals surface area contributed by atoms with Gasteiger partial charge in [-0.1, -0.05) is 35.9 Å². The number of anilines is 1. The Balaban J connectivity index is 2.20. The highest BCUT2D eigenvalue weighted by Crippen LogP contribution is 2.24. The summed E-state index contributed by atoms with van der Waals surface area (Å²) in [5.74, 6) is 0.727. The second-order valence-electron chi connectivity index (χ2n) is 4.06. The van der Waals surface area contributed by atoms with Crippen LogP contribution in [0.4, 0.5) is 5.82 Å². The van der Waals surface area contributed by atoms with Crippen LogP contribution in [0.5, 0.6) is 0 Å². The molecule has 2 rings (SSSR count). The Morgan fingerprint density at radius 1 is 1.18 bits per heavy atom. The van der Waals surface area contributed by atoms with Crippen LogP contribution in [0.25, 0.3) is 0 Å². The summed E-state index contributed by atoms with van der Waals surface area (Å²) in [5.41, 5.74) is 2.52. The van der Waals surface area contributed by atoms with Crippen LogP contribution in [0, 0.1) is 6.92 Å². The average molecular weight is 247 g/mol. The summed E-state index contributed by atoms with van der Waals surface area (Å²) in [6.07, 6.45) is 1.73. The van der Waals surface area contributed by atoms with Crippen LogP contribution < -0.4 is 5.32 Å². The molecule has 0 aliphatic rings. The highest BCUT2D eigenvalue weighted by molar-refractivity contribution is 6.32. The molecule has 1 unspecified atom stereocenters. The maximum absolute atomic E-state index is 6.07. The molecular formula is C14H15ClN2. The quantitative estimate of drug-likeness (QED) is 0.877. The zero-order chi connectivity index (χ0) is 12.3. The molecule has 0 aliphatic carbocycles. The van der Waals surface area contributed by atoms with Crippen molar-refractivity contribution in [1.82, 2.24) is 4.98 Å². The van der Waals surface area contributed by atoms with Gasteiger partial charge in [0.2, 0.25) is 0 Å². The maximum atomic E-state index is 6.07. The number of halogens is 1. The van der Waals surface area contributed by atoms with Crippen LogP contribution in [0.1, 0.15) is 24.1 Å². The van der Waals surface area contributed by atoms with Crippen molar-refractivity contribution in [3.05, 3.63) is 58.7 Å². The molecule has 0 saturated heterocycles. The van der Waals surface area contributed by atoms with Gasteiger partial charge < -0.3 is 5.32 Å². The third kappa shape index (κ3) is 2.77. The number of nitrogens with one attached hydrogen (secondary N) is 1. The molecule has 1 atom stereocenters. The van der Waals surface area contributed by atoms with Crippen molar-refractivity contribution in [2.24, 2.45) is 0 Å². The minimum atomic E-state index is 0.184. The fourth-order valence-electron chi connectivity index (χ4n) is 1.85. The molecule has 1 aromatic carbocycles. The van der Waals surface area contributed by atoms with E-state index in [1.807, 2.05) is 24.3 Å². The first-order valence-electron chi connectivity index (χ1n) is 5.61. The monoisotopic (exact) mass is 246 g/mol. The molecule has 1 aromatic heterocycles. The van der Waals surface area contributed by atoms with Gasteiger partial charge in [-0.2, -0.15) is 0 Å². The average Bonchev–Trinajstić information content (AvgIpc) is 2.32. The van der Waals surface area contributed by atoms with Crippen LogP contribution >= 0.6 is 11.6 Å². The van der Waals surface area contributed by atoms with Gasteiger partial charge in [-0.3, -0.25) is 0 Å². The molecule has 2 aromatic rings. The molecule has 0 fully saturated rings. The van der Waals surface area contributed by atoms with E-state index in [9.17, 15) is 0 Å². The summed E-state index contributed by atoms with van der Waals surface area (Å²) < 4.78 is 0. The Morgan fingerprint density at radius 3 is 2.65 bits per heavy atom. The molecule has 0 bridgehead atoms. The van der Waals surface area contributed by atoms with Crippen LogP contribution in [-0.2, 0) is 0 Å². The second-order valence-corrected chi connectivity index (χ2v) is 4.46. The molecule has 1 N–H and O–H groups in total. The zero-order valence-electron chi connectivity index (χ0n) is 9.94. The number of nitrogens with zero attached hydrogens (tertiary/aromatic N) is 1. The lowest BCUT2D eigenvalue weighted by molar-refractivity contribution is 0.865. The lowest BCUT2D eigenvalue weighted by atomic mass is 10.0. The van der Waals surface area contributed by atoms with Gasteiger partial charge >= 0.3 is 0 Å². The van der Waals surface area contributed by atoms with E-state index in [1.165, 1.54) is 11.1 Å². The van der Waals surface area contributed by atoms with Crippen LogP contribution in [0.3, 0.4) is 0 Å². The first kappa shape index (κ1) is 11.9. The van der Waals surface area contributed by atoms with E-state index in [0.29, 0.717) is 5.02 Å². The fraction of sp³-hybridized carbons (Fsp3) is 0.214. The lowest BCUT2D eigenvalue weighted by Gasteiger charge is -2.17. The number of aryl methyl sites for hydroxylation is 1. The van der Waals surface area contributed by atoms with E-state index < -0.39 is 0 Å². The fourth-order valence-corrected chi connectivity index (χ4v) is 2.02. The van der Waals surface area contributed by atoms with E-state index >= 15 is 0 Å². The Kier molecular flexibility index (Phi) is 3.64. The van der Waals surface area contributed by atoms with Gasteiger partial charge in [-0.15, -0.1) is 0 Å². The molecule has 17 heavy (non-hydrogen) atoms. The van der Waals surface area contributed by atoms with Gasteiger partial charge in [-0.25, -0.2) is 4.98 Å². The van der Waals surface area contributed by atoms with Crippen molar-refractivity contribution >= 4 is 17.4 Å². The zero-order valence-corrected chi connectivity index (χ0v) is 10.7. The van der Waals surface area contributed by atoms with Gasteiger partial charge in [0.05, 0.1) is 11.1 Å². The van der Waals surface area contributed by atoms with Gasteiger partial charge in [0.25, 0.3) is 0 Å². The van der Waals surface area contributed by atoms with Crippen molar-refractivity contribution in [3.8, 4) is 0 Å². The molecule has 1 heterocycles. The largest absolute Gasteiger partial charge is 0.362 e. The number of rotatable bonds is 3. The minimum Gasteiger partial charge on any atom is -0.362 e. The molecule has 0 spiro atoms. The summed E-state index contributed by atoms with van der Waals surface area (Å²) in [6, 6.07) is 12.1. The molecule has 2 nitrogen and oxygen atoms in total. The number of benzene rings is 1. The van der Waals surface area contributed by atoms with Gasteiger partial charge in [-0.05, 0) is 37.1 Å². The van der Waals surface area contributed by atoms with E-state index in [4.69, 9.17) is 11.6 Å². The molecule has 88 valence electrons. The molecular weight excluding hydrogens is 232 g/mol. The third-order valence-corrected chi connectivity index (χ3v) is 3.07.